The van der Waals surface area contributed by atoms with E-state index in [1.165, 1.54) is 0 Å². The molecule has 0 aliphatic carbocycles. The summed E-state index contributed by atoms with van der Waals surface area (Å²) in [5.41, 5.74) is 1.01. The highest BCUT2D eigenvalue weighted by Crippen LogP contribution is 2.16. The predicted molar refractivity (Wildman–Crippen MR) is 82.0 cm³/mol. The first-order valence-corrected chi connectivity index (χ1v) is 8.07. The van der Waals surface area contributed by atoms with Gasteiger partial charge < -0.3 is 0 Å². The predicted octanol–water partition coefficient (Wildman–Crippen LogP) is 3.02. The van der Waals surface area contributed by atoms with Crippen LogP contribution in [0.15, 0.2) is 59.5 Å². The molecule has 0 amide bonds. The SMILES string of the molecule is C#CC(COS(=O)(=O)c1ccc(F)cc1)Cc1ccccc1. The van der Waals surface area contributed by atoms with Crippen LogP contribution in [-0.4, -0.2) is 15.0 Å². The summed E-state index contributed by atoms with van der Waals surface area (Å²) in [5.74, 6) is 1.66. The zero-order valence-electron chi connectivity index (χ0n) is 11.8. The summed E-state index contributed by atoms with van der Waals surface area (Å²) in [4.78, 5) is -0.0932. The van der Waals surface area contributed by atoms with Crippen LogP contribution in [0, 0.1) is 24.1 Å². The Bertz CT molecular complexity index is 747. The third-order valence-electron chi connectivity index (χ3n) is 3.09. The molecule has 1 atom stereocenters. The van der Waals surface area contributed by atoms with E-state index < -0.39 is 15.9 Å². The molecule has 0 saturated carbocycles. The maximum Gasteiger partial charge on any atom is 0.297 e. The van der Waals surface area contributed by atoms with E-state index in [1.807, 2.05) is 30.3 Å². The van der Waals surface area contributed by atoms with Gasteiger partial charge in [-0.2, -0.15) is 8.42 Å². The van der Waals surface area contributed by atoms with E-state index in [0.29, 0.717) is 6.42 Å². The lowest BCUT2D eigenvalue weighted by molar-refractivity contribution is 0.283. The van der Waals surface area contributed by atoms with Crippen LogP contribution < -0.4 is 0 Å². The molecule has 22 heavy (non-hydrogen) atoms. The average molecular weight is 318 g/mol. The Morgan fingerprint density at radius 1 is 1.09 bits per heavy atom. The van der Waals surface area contributed by atoms with Gasteiger partial charge in [-0.25, -0.2) is 4.39 Å². The van der Waals surface area contributed by atoms with Gasteiger partial charge in [0.05, 0.1) is 11.5 Å². The Balaban J connectivity index is 2.01. The molecule has 2 rings (SSSR count). The first-order valence-electron chi connectivity index (χ1n) is 6.66. The monoisotopic (exact) mass is 318 g/mol. The molecule has 0 heterocycles. The van der Waals surface area contributed by atoms with Crippen LogP contribution in [0.2, 0.25) is 0 Å². The zero-order chi connectivity index (χ0) is 16.0. The second-order valence-corrected chi connectivity index (χ2v) is 6.36. The molecule has 0 N–H and O–H groups in total. The zero-order valence-corrected chi connectivity index (χ0v) is 12.6. The first kappa shape index (κ1) is 16.2. The average Bonchev–Trinajstić information content (AvgIpc) is 2.53. The molecular formula is C17H15FO3S. The smallest absolute Gasteiger partial charge is 0.265 e. The standard InChI is InChI=1S/C17H15FO3S/c1-2-14(12-15-6-4-3-5-7-15)13-21-22(19,20)17-10-8-16(18)9-11-17/h1,3-11,14H,12-13H2. The third kappa shape index (κ3) is 4.42. The van der Waals surface area contributed by atoms with Gasteiger partial charge in [-0.1, -0.05) is 30.3 Å². The lowest BCUT2D eigenvalue weighted by Gasteiger charge is -2.11. The minimum atomic E-state index is -3.94. The van der Waals surface area contributed by atoms with Gasteiger partial charge in [0, 0.05) is 5.92 Å². The van der Waals surface area contributed by atoms with Gasteiger partial charge in [0.25, 0.3) is 10.1 Å². The summed E-state index contributed by atoms with van der Waals surface area (Å²) in [5, 5.41) is 0. The van der Waals surface area contributed by atoms with Crippen molar-refractivity contribution >= 4 is 10.1 Å². The summed E-state index contributed by atoms with van der Waals surface area (Å²) >= 11 is 0. The molecule has 0 aliphatic heterocycles. The van der Waals surface area contributed by atoms with E-state index in [2.05, 4.69) is 5.92 Å². The number of rotatable bonds is 6. The van der Waals surface area contributed by atoms with Crippen LogP contribution >= 0.6 is 0 Å². The largest absolute Gasteiger partial charge is 0.297 e. The van der Waals surface area contributed by atoms with Gasteiger partial charge in [-0.05, 0) is 36.2 Å². The van der Waals surface area contributed by atoms with E-state index >= 15 is 0 Å². The summed E-state index contributed by atoms with van der Waals surface area (Å²) in [6, 6.07) is 14.0. The molecule has 0 bridgehead atoms. The van der Waals surface area contributed by atoms with E-state index in [4.69, 9.17) is 10.6 Å². The van der Waals surface area contributed by atoms with Crippen LogP contribution in [-0.2, 0) is 20.7 Å². The van der Waals surface area contributed by atoms with E-state index in [-0.39, 0.29) is 17.4 Å². The van der Waals surface area contributed by atoms with Crippen molar-refractivity contribution in [2.75, 3.05) is 6.61 Å². The van der Waals surface area contributed by atoms with Crippen molar-refractivity contribution in [2.24, 2.45) is 5.92 Å². The Morgan fingerprint density at radius 3 is 2.32 bits per heavy atom. The Labute approximate surface area is 129 Å². The van der Waals surface area contributed by atoms with Gasteiger partial charge in [0.2, 0.25) is 0 Å². The van der Waals surface area contributed by atoms with Crippen molar-refractivity contribution < 1.29 is 17.0 Å². The Hall–Kier alpha value is -2.16. The molecule has 1 unspecified atom stereocenters. The highest BCUT2D eigenvalue weighted by atomic mass is 32.2. The second-order valence-electron chi connectivity index (χ2n) is 4.75. The van der Waals surface area contributed by atoms with Crippen LogP contribution in [0.4, 0.5) is 4.39 Å². The third-order valence-corrected chi connectivity index (χ3v) is 4.38. The van der Waals surface area contributed by atoms with Crippen LogP contribution in [0.1, 0.15) is 5.56 Å². The lowest BCUT2D eigenvalue weighted by Crippen LogP contribution is -2.15. The molecule has 114 valence electrons. The summed E-state index contributed by atoms with van der Waals surface area (Å²) < 4.78 is 41.8. The number of hydrogen-bond acceptors (Lipinski definition) is 3. The molecule has 2 aromatic carbocycles. The molecule has 3 nitrogen and oxygen atoms in total. The fraction of sp³-hybridized carbons (Fsp3) is 0.176. The van der Waals surface area contributed by atoms with Crippen molar-refractivity contribution in [3.63, 3.8) is 0 Å². The van der Waals surface area contributed by atoms with Crippen molar-refractivity contribution in [1.29, 1.82) is 0 Å². The fourth-order valence-electron chi connectivity index (χ4n) is 1.91. The van der Waals surface area contributed by atoms with Crippen molar-refractivity contribution in [1.82, 2.24) is 0 Å². The van der Waals surface area contributed by atoms with E-state index in [0.717, 1.165) is 29.8 Å². The molecule has 0 aromatic heterocycles. The van der Waals surface area contributed by atoms with Crippen LogP contribution in [0.3, 0.4) is 0 Å². The number of benzene rings is 2. The molecule has 0 radical (unpaired) electrons. The van der Waals surface area contributed by atoms with Crippen LogP contribution in [0.5, 0.6) is 0 Å². The highest BCUT2D eigenvalue weighted by Gasteiger charge is 2.18. The Kier molecular flexibility index (Phi) is 5.31. The van der Waals surface area contributed by atoms with E-state index in [1.54, 1.807) is 0 Å². The molecule has 5 heteroatoms. The quantitative estimate of drug-likeness (QED) is 0.607. The summed E-state index contributed by atoms with van der Waals surface area (Å²) in [6.45, 7) is -0.120. The number of hydrogen-bond donors (Lipinski definition) is 0. The molecule has 0 spiro atoms. The molecule has 0 aliphatic rings. The van der Waals surface area contributed by atoms with Gasteiger partial charge in [-0.15, -0.1) is 12.3 Å². The molecule has 0 fully saturated rings. The van der Waals surface area contributed by atoms with E-state index in [9.17, 15) is 12.8 Å². The minimum absolute atomic E-state index is 0.0932. The van der Waals surface area contributed by atoms with Gasteiger partial charge in [-0.3, -0.25) is 4.18 Å². The number of terminal acetylenes is 1. The Morgan fingerprint density at radius 2 is 1.73 bits per heavy atom. The summed E-state index contributed by atoms with van der Waals surface area (Å²) in [6.07, 6.45) is 5.96. The molecule has 2 aromatic rings. The first-order chi connectivity index (χ1) is 10.5. The second kappa shape index (κ2) is 7.21. The van der Waals surface area contributed by atoms with Crippen molar-refractivity contribution in [3.05, 3.63) is 66.0 Å². The lowest BCUT2D eigenvalue weighted by atomic mass is 10.0. The summed E-state index contributed by atoms with van der Waals surface area (Å²) in [7, 11) is -3.94. The maximum absolute atomic E-state index is 12.8. The molecular weight excluding hydrogens is 303 g/mol. The van der Waals surface area contributed by atoms with Crippen molar-refractivity contribution in [2.45, 2.75) is 11.3 Å². The van der Waals surface area contributed by atoms with Gasteiger partial charge in [0.1, 0.15) is 5.82 Å². The fourth-order valence-corrected chi connectivity index (χ4v) is 2.85. The van der Waals surface area contributed by atoms with Crippen molar-refractivity contribution in [3.8, 4) is 12.3 Å². The van der Waals surface area contributed by atoms with Crippen LogP contribution in [0.25, 0.3) is 0 Å². The molecule has 0 saturated heterocycles. The van der Waals surface area contributed by atoms with Gasteiger partial charge >= 0.3 is 0 Å². The van der Waals surface area contributed by atoms with Gasteiger partial charge in [0.15, 0.2) is 0 Å². The number of halogens is 1. The minimum Gasteiger partial charge on any atom is -0.265 e. The maximum atomic E-state index is 12.8. The highest BCUT2D eigenvalue weighted by molar-refractivity contribution is 7.86. The topological polar surface area (TPSA) is 43.4 Å². The normalized spacial score (nSPS) is 12.5.